The van der Waals surface area contributed by atoms with Crippen LogP contribution < -0.4 is 5.32 Å². The Morgan fingerprint density at radius 1 is 1.15 bits per heavy atom. The van der Waals surface area contributed by atoms with Gasteiger partial charge in [-0.1, -0.05) is 6.07 Å². The highest BCUT2D eigenvalue weighted by Gasteiger charge is 2.37. The Labute approximate surface area is 152 Å². The summed E-state index contributed by atoms with van der Waals surface area (Å²) in [5, 5.41) is 13.5. The molecule has 0 atom stereocenters. The average molecular weight is 371 g/mol. The van der Waals surface area contributed by atoms with Gasteiger partial charge in [-0.15, -0.1) is 11.8 Å². The van der Waals surface area contributed by atoms with Crippen molar-refractivity contribution in [3.8, 4) is 0 Å². The largest absolute Gasteiger partial charge is 0.324 e. The van der Waals surface area contributed by atoms with E-state index in [2.05, 4.69) is 5.32 Å². The number of carbonyl (C=O) groups is 3. The van der Waals surface area contributed by atoms with Crippen molar-refractivity contribution in [1.29, 1.82) is 0 Å². The Morgan fingerprint density at radius 3 is 2.58 bits per heavy atom. The lowest BCUT2D eigenvalue weighted by Gasteiger charge is -2.13. The molecule has 3 amide bonds. The summed E-state index contributed by atoms with van der Waals surface area (Å²) in [6.07, 6.45) is 1.90. The van der Waals surface area contributed by atoms with Gasteiger partial charge in [-0.2, -0.15) is 0 Å². The Balaban J connectivity index is 1.75. The number of nitro groups is 1. The van der Waals surface area contributed by atoms with Gasteiger partial charge in [-0.25, -0.2) is 0 Å². The van der Waals surface area contributed by atoms with E-state index >= 15 is 0 Å². The van der Waals surface area contributed by atoms with Gasteiger partial charge in [0.1, 0.15) is 6.54 Å². The number of rotatable bonds is 5. The van der Waals surface area contributed by atoms with E-state index in [-0.39, 0.29) is 16.8 Å². The summed E-state index contributed by atoms with van der Waals surface area (Å²) < 4.78 is 0. The van der Waals surface area contributed by atoms with Crippen molar-refractivity contribution in [3.05, 3.63) is 63.7 Å². The first-order valence-electron chi connectivity index (χ1n) is 7.49. The maximum atomic E-state index is 12.4. The number of anilines is 1. The van der Waals surface area contributed by atoms with Crippen molar-refractivity contribution < 1.29 is 19.3 Å². The van der Waals surface area contributed by atoms with E-state index in [0.717, 1.165) is 21.9 Å². The van der Waals surface area contributed by atoms with E-state index in [1.807, 2.05) is 12.3 Å². The van der Waals surface area contributed by atoms with Crippen LogP contribution in [0.1, 0.15) is 20.7 Å². The summed E-state index contributed by atoms with van der Waals surface area (Å²) >= 11 is 1.51. The second-order valence-electron chi connectivity index (χ2n) is 5.46. The number of nitro benzene ring substituents is 1. The molecular weight excluding hydrogens is 358 g/mol. The normalized spacial score (nSPS) is 12.9. The minimum Gasteiger partial charge on any atom is -0.324 e. The summed E-state index contributed by atoms with van der Waals surface area (Å²) in [7, 11) is 0. The Hall–Kier alpha value is -3.20. The highest BCUT2D eigenvalue weighted by molar-refractivity contribution is 7.98. The molecule has 1 aliphatic heterocycles. The second-order valence-corrected chi connectivity index (χ2v) is 6.34. The van der Waals surface area contributed by atoms with Gasteiger partial charge in [0.15, 0.2) is 0 Å². The SMILES string of the molecule is CSc1cccc(NC(=O)CN2C(=O)c3ccc([N+](=O)[O-])cc3C2=O)c1. The van der Waals surface area contributed by atoms with Crippen molar-refractivity contribution >= 4 is 40.9 Å². The lowest BCUT2D eigenvalue weighted by atomic mass is 10.1. The van der Waals surface area contributed by atoms with Gasteiger partial charge in [0.25, 0.3) is 17.5 Å². The average Bonchev–Trinajstić information content (AvgIpc) is 2.86. The fourth-order valence-electron chi connectivity index (χ4n) is 2.58. The molecule has 1 N–H and O–H groups in total. The molecule has 3 rings (SSSR count). The third-order valence-electron chi connectivity index (χ3n) is 3.82. The van der Waals surface area contributed by atoms with Gasteiger partial charge in [0.2, 0.25) is 5.91 Å². The fourth-order valence-corrected chi connectivity index (χ4v) is 3.04. The Kier molecular flexibility index (Phi) is 4.72. The number of fused-ring (bicyclic) bond motifs is 1. The molecule has 0 radical (unpaired) electrons. The number of benzene rings is 2. The van der Waals surface area contributed by atoms with E-state index in [4.69, 9.17) is 0 Å². The number of hydrogen-bond donors (Lipinski definition) is 1. The topological polar surface area (TPSA) is 110 Å². The van der Waals surface area contributed by atoms with E-state index < -0.39 is 29.2 Å². The molecular formula is C17H13N3O5S. The Morgan fingerprint density at radius 2 is 1.88 bits per heavy atom. The number of carbonyl (C=O) groups excluding carboxylic acids is 3. The first kappa shape index (κ1) is 17.6. The number of thioether (sulfide) groups is 1. The van der Waals surface area contributed by atoms with Gasteiger partial charge < -0.3 is 5.32 Å². The monoisotopic (exact) mass is 371 g/mol. The van der Waals surface area contributed by atoms with E-state index in [9.17, 15) is 24.5 Å². The molecule has 0 aromatic heterocycles. The molecule has 2 aromatic carbocycles. The van der Waals surface area contributed by atoms with Crippen LogP contribution in [0.4, 0.5) is 11.4 Å². The molecule has 26 heavy (non-hydrogen) atoms. The van der Waals surface area contributed by atoms with Crippen molar-refractivity contribution in [3.63, 3.8) is 0 Å². The molecule has 1 heterocycles. The minimum absolute atomic E-state index is 0.0535. The summed E-state index contributed by atoms with van der Waals surface area (Å²) in [6, 6.07) is 10.6. The molecule has 0 aliphatic carbocycles. The van der Waals surface area contributed by atoms with Crippen molar-refractivity contribution in [2.45, 2.75) is 4.90 Å². The molecule has 2 aromatic rings. The number of nitrogens with one attached hydrogen (secondary N) is 1. The molecule has 8 nitrogen and oxygen atoms in total. The van der Waals surface area contributed by atoms with Crippen LogP contribution in [0.2, 0.25) is 0 Å². The number of hydrogen-bond acceptors (Lipinski definition) is 6. The second kappa shape index (κ2) is 6.96. The summed E-state index contributed by atoms with van der Waals surface area (Å²) in [4.78, 5) is 48.8. The maximum Gasteiger partial charge on any atom is 0.270 e. The first-order chi connectivity index (χ1) is 12.4. The predicted octanol–water partition coefficient (Wildman–Crippen LogP) is 2.55. The number of nitrogens with zero attached hydrogens (tertiary/aromatic N) is 2. The van der Waals surface area contributed by atoms with E-state index in [0.29, 0.717) is 5.69 Å². The molecule has 0 saturated heterocycles. The van der Waals surface area contributed by atoms with Crippen LogP contribution in [0.3, 0.4) is 0 Å². The lowest BCUT2D eigenvalue weighted by Crippen LogP contribution is -2.37. The van der Waals surface area contributed by atoms with Crippen LogP contribution >= 0.6 is 11.8 Å². The van der Waals surface area contributed by atoms with Gasteiger partial charge in [0, 0.05) is 22.7 Å². The summed E-state index contributed by atoms with van der Waals surface area (Å²) in [6.45, 7) is -0.469. The van der Waals surface area contributed by atoms with E-state index in [1.54, 1.807) is 18.2 Å². The quantitative estimate of drug-likeness (QED) is 0.374. The van der Waals surface area contributed by atoms with E-state index in [1.165, 1.54) is 17.8 Å². The number of imide groups is 1. The lowest BCUT2D eigenvalue weighted by molar-refractivity contribution is -0.384. The smallest absolute Gasteiger partial charge is 0.270 e. The third kappa shape index (κ3) is 3.29. The summed E-state index contributed by atoms with van der Waals surface area (Å²) in [5.41, 5.74) is 0.248. The number of non-ortho nitro benzene ring substituents is 1. The summed E-state index contributed by atoms with van der Waals surface area (Å²) in [5.74, 6) is -1.90. The molecule has 0 unspecified atom stereocenters. The van der Waals surface area contributed by atoms with Crippen LogP contribution in [-0.2, 0) is 4.79 Å². The van der Waals surface area contributed by atoms with Crippen LogP contribution in [0.5, 0.6) is 0 Å². The van der Waals surface area contributed by atoms with Crippen LogP contribution in [0.15, 0.2) is 47.4 Å². The maximum absolute atomic E-state index is 12.4. The fraction of sp³-hybridized carbons (Fsp3) is 0.118. The van der Waals surface area contributed by atoms with Gasteiger partial charge in [-0.3, -0.25) is 29.4 Å². The van der Waals surface area contributed by atoms with Crippen LogP contribution in [0, 0.1) is 10.1 Å². The van der Waals surface area contributed by atoms with Gasteiger partial charge in [-0.05, 0) is 30.5 Å². The molecule has 0 saturated carbocycles. The van der Waals surface area contributed by atoms with Crippen molar-refractivity contribution in [1.82, 2.24) is 4.90 Å². The zero-order chi connectivity index (χ0) is 18.8. The molecule has 0 fully saturated rings. The highest BCUT2D eigenvalue weighted by atomic mass is 32.2. The predicted molar refractivity (Wildman–Crippen MR) is 95.3 cm³/mol. The molecule has 0 spiro atoms. The highest BCUT2D eigenvalue weighted by Crippen LogP contribution is 2.27. The molecule has 132 valence electrons. The molecule has 1 aliphatic rings. The van der Waals surface area contributed by atoms with Gasteiger partial charge in [0.05, 0.1) is 16.1 Å². The van der Waals surface area contributed by atoms with Crippen LogP contribution in [0.25, 0.3) is 0 Å². The van der Waals surface area contributed by atoms with Crippen LogP contribution in [-0.4, -0.2) is 40.3 Å². The third-order valence-corrected chi connectivity index (χ3v) is 4.55. The van der Waals surface area contributed by atoms with Crippen molar-refractivity contribution in [2.24, 2.45) is 0 Å². The molecule has 9 heteroatoms. The zero-order valence-electron chi connectivity index (χ0n) is 13.6. The number of amides is 3. The minimum atomic E-state index is -0.721. The standard InChI is InChI=1S/C17H13N3O5S/c1-26-12-4-2-3-10(7-12)18-15(21)9-19-16(22)13-6-5-11(20(24)25)8-14(13)17(19)23/h2-8H,9H2,1H3,(H,18,21). The zero-order valence-corrected chi connectivity index (χ0v) is 14.4. The van der Waals surface area contributed by atoms with Gasteiger partial charge >= 0.3 is 0 Å². The first-order valence-corrected chi connectivity index (χ1v) is 8.71. The molecule has 0 bridgehead atoms. The Bertz CT molecular complexity index is 944. The van der Waals surface area contributed by atoms with Crippen molar-refractivity contribution in [2.75, 3.05) is 18.1 Å².